The van der Waals surface area contributed by atoms with Gasteiger partial charge < -0.3 is 9.47 Å². The van der Waals surface area contributed by atoms with Gasteiger partial charge in [0.1, 0.15) is 30.2 Å². The van der Waals surface area contributed by atoms with E-state index in [1.54, 1.807) is 36.4 Å². The van der Waals surface area contributed by atoms with Crippen molar-refractivity contribution in [1.29, 1.82) is 0 Å². The average molecular weight is 747 g/mol. The lowest BCUT2D eigenvalue weighted by Gasteiger charge is -2.21. The Morgan fingerprint density at radius 2 is 1.11 bits per heavy atom. The zero-order valence-electron chi connectivity index (χ0n) is 26.9. The van der Waals surface area contributed by atoms with Gasteiger partial charge in [0, 0.05) is 16.0 Å². The van der Waals surface area contributed by atoms with Crippen LogP contribution in [0.2, 0.25) is 0 Å². The number of aliphatic imine (C=N–C) groups is 1. The molecule has 0 fully saturated rings. The predicted octanol–water partition coefficient (Wildman–Crippen LogP) is 7.98. The largest absolute Gasteiger partial charge is 0.573 e. The van der Waals surface area contributed by atoms with Crippen molar-refractivity contribution < 1.29 is 45.4 Å². The lowest BCUT2D eigenvalue weighted by molar-refractivity contribution is -0.275. The Kier molecular flexibility index (Phi) is 10.2. The number of carbonyl (C=O) groups excluding carboxylic acids is 2. The third kappa shape index (κ3) is 8.76. The third-order valence-electron chi connectivity index (χ3n) is 7.61. The Balaban J connectivity index is 1.21. The van der Waals surface area contributed by atoms with Crippen LogP contribution in [-0.4, -0.2) is 54.2 Å². The Morgan fingerprint density at radius 1 is 0.685 bits per heavy atom. The number of carbonyl (C=O) groups is 1. The van der Waals surface area contributed by atoms with Crippen LogP contribution in [0.4, 0.5) is 26.3 Å². The van der Waals surface area contributed by atoms with E-state index in [9.17, 15) is 35.9 Å². The van der Waals surface area contributed by atoms with Gasteiger partial charge in [0.05, 0.1) is 17.3 Å². The van der Waals surface area contributed by atoms with Crippen LogP contribution in [0.15, 0.2) is 120 Å². The monoisotopic (exact) mass is 746 g/mol. The van der Waals surface area contributed by atoms with Crippen LogP contribution < -0.4 is 9.47 Å². The number of isocyanates is 1. The molecular formula is C34H20F6N10O4. The normalized spacial score (nSPS) is 12.6. The summed E-state index contributed by atoms with van der Waals surface area (Å²) in [5.41, 5.74) is 11.5. The fourth-order valence-electron chi connectivity index (χ4n) is 5.27. The van der Waals surface area contributed by atoms with E-state index in [0.29, 0.717) is 33.6 Å². The minimum Gasteiger partial charge on any atom is -0.406 e. The molecule has 14 nitrogen and oxygen atoms in total. The second-order valence-corrected chi connectivity index (χ2v) is 11.0. The number of hydrogen-bond donors (Lipinski definition) is 0. The number of benzene rings is 4. The minimum atomic E-state index is -4.84. The molecule has 0 saturated carbocycles. The van der Waals surface area contributed by atoms with Gasteiger partial charge in [-0.05, 0) is 70.3 Å². The van der Waals surface area contributed by atoms with E-state index in [1.165, 1.54) is 64.5 Å². The third-order valence-corrected chi connectivity index (χ3v) is 7.61. The first-order chi connectivity index (χ1) is 25.8. The number of halogens is 6. The van der Waals surface area contributed by atoms with E-state index in [-0.39, 0.29) is 11.6 Å². The van der Waals surface area contributed by atoms with Gasteiger partial charge in [0.2, 0.25) is 12.0 Å². The highest BCUT2D eigenvalue weighted by molar-refractivity contribution is 5.86. The molecule has 272 valence electrons. The van der Waals surface area contributed by atoms with Gasteiger partial charge in [-0.1, -0.05) is 48.5 Å². The molecule has 1 amide bonds. The molecule has 20 heteroatoms. The summed E-state index contributed by atoms with van der Waals surface area (Å²) in [5.74, 6) is -2.54. The first kappa shape index (κ1) is 36.5. The van der Waals surface area contributed by atoms with Gasteiger partial charge in [0.15, 0.2) is 11.6 Å². The molecule has 54 heavy (non-hydrogen) atoms. The summed E-state index contributed by atoms with van der Waals surface area (Å²) in [6.45, 7) is 0. The van der Waals surface area contributed by atoms with E-state index in [2.05, 4.69) is 44.7 Å². The highest BCUT2D eigenvalue weighted by Gasteiger charge is 2.33. The Bertz CT molecular complexity index is 2350. The molecule has 6 rings (SSSR count). The molecule has 0 aliphatic heterocycles. The molecule has 0 saturated heterocycles. The molecule has 2 atom stereocenters. The average Bonchev–Trinajstić information content (AvgIpc) is 3.83. The van der Waals surface area contributed by atoms with Crippen LogP contribution in [0.1, 0.15) is 23.1 Å². The number of alkyl halides is 6. The molecule has 0 N–H and O–H groups in total. The molecule has 0 aliphatic rings. The predicted molar refractivity (Wildman–Crippen MR) is 175 cm³/mol. The summed E-state index contributed by atoms with van der Waals surface area (Å²) in [5, 5.41) is 12.0. The van der Waals surface area contributed by atoms with Crippen LogP contribution in [0.25, 0.3) is 44.6 Å². The van der Waals surface area contributed by atoms with E-state index in [0.717, 1.165) is 24.3 Å². The maximum atomic E-state index is 13.2. The van der Waals surface area contributed by atoms with Crippen LogP contribution in [0.3, 0.4) is 0 Å². The second-order valence-electron chi connectivity index (χ2n) is 11.0. The molecular weight excluding hydrogens is 726 g/mol. The molecule has 2 aromatic heterocycles. The van der Waals surface area contributed by atoms with Crippen molar-refractivity contribution in [2.24, 2.45) is 10.1 Å². The standard InChI is InChI=1S/C34H20F6N10O4/c35-33(36,37)53-26-13-9-24(10-14-26)49-17-42-30(46-49)22-5-1-20(2-6-22)28(32(52)45-48-41)29(44-19-51)21-3-7-23(8-4-21)31-43-18-50(47-31)25-11-15-27(16-12-25)54-34(38,39)40/h1-18,28-29H. The molecule has 2 heterocycles. The van der Waals surface area contributed by atoms with Crippen molar-refractivity contribution in [2.45, 2.75) is 24.7 Å². The fraction of sp³-hybridized carbons (Fsp3) is 0.118. The van der Waals surface area contributed by atoms with Crippen molar-refractivity contribution in [2.75, 3.05) is 0 Å². The maximum absolute atomic E-state index is 13.2. The number of nitrogens with zero attached hydrogens (tertiary/aromatic N) is 10. The zero-order chi connectivity index (χ0) is 38.5. The molecule has 0 radical (unpaired) electrons. The van der Waals surface area contributed by atoms with Gasteiger partial charge in [-0.15, -0.1) is 36.5 Å². The molecule has 2 unspecified atom stereocenters. The Hall–Kier alpha value is -7.30. The summed E-state index contributed by atoms with van der Waals surface area (Å²) in [4.78, 5) is 39.7. The SMILES string of the molecule is [N-]=[N+]=NC(=O)C(c1ccc(-c2ncn(-c3ccc(OC(F)(F)F)cc3)n2)cc1)C(N=C=O)c1ccc(-c2ncn(-c3ccc(OC(F)(F)F)cc3)n2)cc1. The van der Waals surface area contributed by atoms with Crippen molar-refractivity contribution >= 4 is 12.0 Å². The number of aromatic nitrogens is 6. The van der Waals surface area contributed by atoms with Crippen LogP contribution in [0.5, 0.6) is 11.5 Å². The van der Waals surface area contributed by atoms with Crippen molar-refractivity contribution in [3.05, 3.63) is 131 Å². The lowest BCUT2D eigenvalue weighted by atomic mass is 9.86. The Morgan fingerprint density at radius 3 is 1.50 bits per heavy atom. The number of rotatable bonds is 11. The van der Waals surface area contributed by atoms with Crippen molar-refractivity contribution in [1.82, 2.24) is 29.5 Å². The summed E-state index contributed by atoms with van der Waals surface area (Å²) in [6, 6.07) is 21.3. The highest BCUT2D eigenvalue weighted by Crippen LogP contribution is 2.37. The van der Waals surface area contributed by atoms with Gasteiger partial charge in [-0.3, -0.25) is 4.79 Å². The van der Waals surface area contributed by atoms with Crippen LogP contribution in [-0.2, 0) is 9.59 Å². The van der Waals surface area contributed by atoms with E-state index in [1.807, 2.05) is 0 Å². The number of amides is 1. The van der Waals surface area contributed by atoms with Gasteiger partial charge in [0.25, 0.3) is 0 Å². The second kappa shape index (κ2) is 15.1. The number of hydrogen-bond acceptors (Lipinski definition) is 9. The van der Waals surface area contributed by atoms with E-state index in [4.69, 9.17) is 5.53 Å². The van der Waals surface area contributed by atoms with E-state index < -0.39 is 42.1 Å². The quantitative estimate of drug-likeness (QED) is 0.0320. The first-order valence-electron chi connectivity index (χ1n) is 15.2. The topological polar surface area (TPSA) is 175 Å². The molecule has 0 spiro atoms. The summed E-state index contributed by atoms with van der Waals surface area (Å²) in [6.07, 6.45) is -5.49. The smallest absolute Gasteiger partial charge is 0.406 e. The fourth-order valence-corrected chi connectivity index (χ4v) is 5.27. The molecule has 6 aromatic rings. The van der Waals surface area contributed by atoms with Crippen molar-refractivity contribution in [3.8, 4) is 45.6 Å². The van der Waals surface area contributed by atoms with Crippen LogP contribution in [0, 0.1) is 0 Å². The minimum absolute atomic E-state index is 0.233. The van der Waals surface area contributed by atoms with Gasteiger partial charge in [-0.2, -0.15) is 4.99 Å². The first-order valence-corrected chi connectivity index (χ1v) is 15.2. The van der Waals surface area contributed by atoms with Crippen LogP contribution >= 0.6 is 0 Å². The summed E-state index contributed by atoms with van der Waals surface area (Å²) in [7, 11) is 0. The summed E-state index contributed by atoms with van der Waals surface area (Å²) < 4.78 is 85.5. The molecule has 0 aliphatic carbocycles. The molecule has 0 bridgehead atoms. The Labute approximate surface area is 298 Å². The van der Waals surface area contributed by atoms with Gasteiger partial charge >= 0.3 is 12.7 Å². The van der Waals surface area contributed by atoms with Crippen molar-refractivity contribution in [3.63, 3.8) is 0 Å². The molecule has 4 aromatic carbocycles. The van der Waals surface area contributed by atoms with E-state index >= 15 is 0 Å². The highest BCUT2D eigenvalue weighted by atomic mass is 19.4. The maximum Gasteiger partial charge on any atom is 0.573 e. The van der Waals surface area contributed by atoms with Gasteiger partial charge in [-0.25, -0.2) is 24.1 Å². The number of azide groups is 1. The number of ether oxygens (including phenoxy) is 2. The zero-order valence-corrected chi connectivity index (χ0v) is 26.9. The summed E-state index contributed by atoms with van der Waals surface area (Å²) >= 11 is 0. The lowest BCUT2D eigenvalue weighted by Crippen LogP contribution is -2.18.